The van der Waals surface area contributed by atoms with Gasteiger partial charge in [-0.15, -0.1) is 0 Å². The molecule has 2 aromatic rings. The van der Waals surface area contributed by atoms with E-state index >= 15 is 0 Å². The Balaban J connectivity index is 2.44. The first-order valence-corrected chi connectivity index (χ1v) is 7.66. The lowest BCUT2D eigenvalue weighted by Gasteiger charge is -2.16. The first-order chi connectivity index (χ1) is 9.49. The quantitative estimate of drug-likeness (QED) is 0.449. The number of hydrogen-bond acceptors (Lipinski definition) is 6. The van der Waals surface area contributed by atoms with E-state index in [-0.39, 0.29) is 21.7 Å². The van der Waals surface area contributed by atoms with Crippen molar-refractivity contribution in [2.75, 3.05) is 31.4 Å². The Morgan fingerprint density at radius 2 is 2.15 bits per heavy atom. The maximum absolute atomic E-state index is 14.2. The van der Waals surface area contributed by atoms with Crippen LogP contribution in [-0.4, -0.2) is 46.0 Å². The lowest BCUT2D eigenvalue weighted by Crippen LogP contribution is -2.23. The SMILES string of the molecule is CN1CCOc2nc(Cl)c(F)c3nc([S+](C)[O-])nc1c23. The first kappa shape index (κ1) is 13.6. The summed E-state index contributed by atoms with van der Waals surface area (Å²) < 4.78 is 31.2. The zero-order valence-corrected chi connectivity index (χ0v) is 12.3. The van der Waals surface area contributed by atoms with E-state index < -0.39 is 17.0 Å². The van der Waals surface area contributed by atoms with Crippen LogP contribution in [0.2, 0.25) is 5.15 Å². The third-order valence-electron chi connectivity index (χ3n) is 2.96. The van der Waals surface area contributed by atoms with Crippen molar-refractivity contribution in [3.8, 4) is 5.88 Å². The minimum atomic E-state index is -1.43. The number of halogens is 2. The highest BCUT2D eigenvalue weighted by Crippen LogP contribution is 2.36. The second kappa shape index (κ2) is 4.87. The van der Waals surface area contributed by atoms with Crippen molar-refractivity contribution in [2.45, 2.75) is 5.16 Å². The van der Waals surface area contributed by atoms with Crippen molar-refractivity contribution >= 4 is 39.5 Å². The van der Waals surface area contributed by atoms with Crippen LogP contribution in [0.25, 0.3) is 10.9 Å². The summed E-state index contributed by atoms with van der Waals surface area (Å²) in [7, 11) is 1.79. The standard InChI is InChI=1S/C11H10ClFN4O2S/c1-17-3-4-19-10-5-7(6(13)8(12)15-10)14-11(20(2)18)16-9(5)17/h3-4H2,1-2H3. The molecule has 1 aliphatic heterocycles. The highest BCUT2D eigenvalue weighted by atomic mass is 35.5. The van der Waals surface area contributed by atoms with Crippen LogP contribution < -0.4 is 9.64 Å². The molecule has 0 fully saturated rings. The Bertz CT molecular complexity index is 700. The average molecular weight is 317 g/mol. The number of aromatic nitrogens is 3. The van der Waals surface area contributed by atoms with Crippen LogP contribution in [0.15, 0.2) is 5.16 Å². The van der Waals surface area contributed by atoms with Gasteiger partial charge in [0.05, 0.1) is 6.54 Å². The van der Waals surface area contributed by atoms with Crippen molar-refractivity contribution < 1.29 is 13.7 Å². The van der Waals surface area contributed by atoms with Crippen LogP contribution in [-0.2, 0) is 11.2 Å². The summed E-state index contributed by atoms with van der Waals surface area (Å²) in [5.74, 6) is -0.130. The molecule has 0 saturated heterocycles. The van der Waals surface area contributed by atoms with E-state index in [0.29, 0.717) is 24.4 Å². The fourth-order valence-electron chi connectivity index (χ4n) is 1.97. The maximum atomic E-state index is 14.2. The molecule has 2 aromatic heterocycles. The van der Waals surface area contributed by atoms with Gasteiger partial charge in [-0.3, -0.25) is 0 Å². The Morgan fingerprint density at radius 3 is 2.85 bits per heavy atom. The van der Waals surface area contributed by atoms with Crippen LogP contribution in [0.3, 0.4) is 0 Å². The van der Waals surface area contributed by atoms with Crippen LogP contribution in [0.1, 0.15) is 0 Å². The van der Waals surface area contributed by atoms with Gasteiger partial charge >= 0.3 is 5.16 Å². The molecule has 20 heavy (non-hydrogen) atoms. The number of pyridine rings is 1. The summed E-state index contributed by atoms with van der Waals surface area (Å²) in [6.45, 7) is 0.902. The largest absolute Gasteiger partial charge is 0.609 e. The van der Waals surface area contributed by atoms with Crippen molar-refractivity contribution in [1.29, 1.82) is 0 Å². The highest BCUT2D eigenvalue weighted by Gasteiger charge is 2.27. The molecule has 0 saturated carbocycles. The van der Waals surface area contributed by atoms with Crippen LogP contribution in [0.5, 0.6) is 5.88 Å². The summed E-state index contributed by atoms with van der Waals surface area (Å²) in [5, 5.41) is 0.0732. The van der Waals surface area contributed by atoms with Crippen LogP contribution >= 0.6 is 11.6 Å². The number of likely N-dealkylation sites (N-methyl/N-ethyl adjacent to an activating group) is 1. The van der Waals surface area contributed by atoms with Crippen LogP contribution in [0.4, 0.5) is 10.2 Å². The zero-order chi connectivity index (χ0) is 14.4. The van der Waals surface area contributed by atoms with Crippen LogP contribution in [0, 0.1) is 5.82 Å². The van der Waals surface area contributed by atoms with Gasteiger partial charge in [0.15, 0.2) is 16.8 Å². The minimum Gasteiger partial charge on any atom is -0.609 e. The number of rotatable bonds is 1. The summed E-state index contributed by atoms with van der Waals surface area (Å²) in [5.41, 5.74) is -0.0241. The van der Waals surface area contributed by atoms with Gasteiger partial charge in [-0.1, -0.05) is 11.6 Å². The monoisotopic (exact) mass is 316 g/mol. The predicted molar refractivity (Wildman–Crippen MR) is 73.4 cm³/mol. The minimum absolute atomic E-state index is 0.0241. The lowest BCUT2D eigenvalue weighted by molar-refractivity contribution is 0.321. The van der Waals surface area contributed by atoms with E-state index in [4.69, 9.17) is 16.3 Å². The molecule has 3 heterocycles. The smallest absolute Gasteiger partial charge is 0.345 e. The summed E-state index contributed by atoms with van der Waals surface area (Å²) in [4.78, 5) is 13.9. The highest BCUT2D eigenvalue weighted by molar-refractivity contribution is 7.90. The Morgan fingerprint density at radius 1 is 1.40 bits per heavy atom. The summed E-state index contributed by atoms with van der Waals surface area (Å²) in [6, 6.07) is 0. The molecular formula is C11H10ClFN4O2S. The topological polar surface area (TPSA) is 74.2 Å². The second-order valence-corrected chi connectivity index (χ2v) is 5.93. The predicted octanol–water partition coefficient (Wildman–Crippen LogP) is 1.38. The number of hydrogen-bond donors (Lipinski definition) is 0. The van der Waals surface area contributed by atoms with E-state index in [1.807, 2.05) is 0 Å². The normalized spacial score (nSPS) is 15.9. The van der Waals surface area contributed by atoms with Gasteiger partial charge in [0, 0.05) is 18.2 Å². The number of anilines is 1. The van der Waals surface area contributed by atoms with Gasteiger partial charge < -0.3 is 14.2 Å². The molecule has 1 atom stereocenters. The van der Waals surface area contributed by atoms with Gasteiger partial charge in [-0.05, 0) is 0 Å². The molecule has 0 bridgehead atoms. The third-order valence-corrected chi connectivity index (χ3v) is 3.90. The summed E-state index contributed by atoms with van der Waals surface area (Å²) in [6.07, 6.45) is 1.43. The molecule has 1 aliphatic rings. The van der Waals surface area contributed by atoms with Gasteiger partial charge in [0.2, 0.25) is 5.88 Å². The van der Waals surface area contributed by atoms with Crippen molar-refractivity contribution in [3.63, 3.8) is 0 Å². The molecule has 1 unspecified atom stereocenters. The molecule has 0 amide bonds. The molecule has 0 aliphatic carbocycles. The van der Waals surface area contributed by atoms with Gasteiger partial charge in [0.1, 0.15) is 23.8 Å². The first-order valence-electron chi connectivity index (χ1n) is 5.73. The zero-order valence-electron chi connectivity index (χ0n) is 10.7. The van der Waals surface area contributed by atoms with Crippen molar-refractivity contribution in [1.82, 2.24) is 15.0 Å². The molecule has 9 heteroatoms. The fourth-order valence-corrected chi connectivity index (χ4v) is 2.57. The molecule has 106 valence electrons. The molecule has 0 spiro atoms. The lowest BCUT2D eigenvalue weighted by atomic mass is 10.2. The average Bonchev–Trinajstić information content (AvgIpc) is 2.56. The Hall–Kier alpha value is -1.38. The molecule has 0 radical (unpaired) electrons. The Labute approximate surface area is 122 Å². The van der Waals surface area contributed by atoms with Gasteiger partial charge in [-0.25, -0.2) is 4.39 Å². The summed E-state index contributed by atoms with van der Waals surface area (Å²) >= 11 is 4.32. The van der Waals surface area contributed by atoms with E-state index in [0.717, 1.165) is 0 Å². The van der Waals surface area contributed by atoms with E-state index in [1.54, 1.807) is 11.9 Å². The Kier molecular flexibility index (Phi) is 3.31. The number of nitrogens with zero attached hydrogens (tertiary/aromatic N) is 4. The third kappa shape index (κ3) is 2.04. The van der Waals surface area contributed by atoms with Gasteiger partial charge in [0.25, 0.3) is 0 Å². The van der Waals surface area contributed by atoms with E-state index in [9.17, 15) is 8.94 Å². The van der Waals surface area contributed by atoms with E-state index in [1.165, 1.54) is 6.26 Å². The number of ether oxygens (including phenoxy) is 1. The van der Waals surface area contributed by atoms with E-state index in [2.05, 4.69) is 15.0 Å². The van der Waals surface area contributed by atoms with Gasteiger partial charge in [-0.2, -0.15) is 15.0 Å². The molecular weight excluding hydrogens is 307 g/mol. The fraction of sp³-hybridized carbons (Fsp3) is 0.364. The molecule has 0 N–H and O–H groups in total. The molecule has 6 nitrogen and oxygen atoms in total. The maximum Gasteiger partial charge on any atom is 0.345 e. The second-order valence-electron chi connectivity index (χ2n) is 4.30. The molecule has 3 rings (SSSR count). The van der Waals surface area contributed by atoms with Crippen molar-refractivity contribution in [2.24, 2.45) is 0 Å². The van der Waals surface area contributed by atoms with Crippen molar-refractivity contribution in [3.05, 3.63) is 11.0 Å². The molecule has 0 aromatic carbocycles.